The molecule has 3 nitrogen and oxygen atoms in total. The Morgan fingerprint density at radius 3 is 1.70 bits per heavy atom. The van der Waals surface area contributed by atoms with E-state index in [0.29, 0.717) is 0 Å². The molecule has 47 heavy (non-hydrogen) atoms. The van der Waals surface area contributed by atoms with Crippen LogP contribution in [0.1, 0.15) is 47.2 Å². The largest absolute Gasteiger partial charge is 0.294 e. The van der Waals surface area contributed by atoms with Gasteiger partial charge in [0.05, 0.1) is 16.4 Å². The molecule has 5 aromatic carbocycles. The van der Waals surface area contributed by atoms with E-state index in [1.165, 1.54) is 88.6 Å². The molecule has 3 aliphatic rings. The summed E-state index contributed by atoms with van der Waals surface area (Å²) in [6.45, 7) is 4.74. The second-order valence-electron chi connectivity index (χ2n) is 13.8. The van der Waals surface area contributed by atoms with Gasteiger partial charge in [-0.2, -0.15) is 0 Å². The minimum absolute atomic E-state index is 0.209. The zero-order valence-electron chi connectivity index (χ0n) is 26.1. The lowest BCUT2D eigenvalue weighted by Crippen LogP contribution is -2.26. The zero-order valence-corrected chi connectivity index (χ0v) is 26.1. The van der Waals surface area contributed by atoms with Gasteiger partial charge in [-0.3, -0.25) is 9.55 Å². The molecule has 220 valence electrons. The maximum atomic E-state index is 5.20. The summed E-state index contributed by atoms with van der Waals surface area (Å²) < 4.78 is 2.33. The Morgan fingerprint density at radius 1 is 0.468 bits per heavy atom. The number of rotatable bonds is 1. The lowest BCUT2D eigenvalue weighted by molar-refractivity contribution is 0.658. The van der Waals surface area contributed by atoms with Gasteiger partial charge in [0.15, 0.2) is 0 Å². The van der Waals surface area contributed by atoms with E-state index < -0.39 is 0 Å². The van der Waals surface area contributed by atoms with Gasteiger partial charge in [0.1, 0.15) is 5.82 Å². The molecule has 0 bridgehead atoms. The highest BCUT2D eigenvalue weighted by atomic mass is 15.1. The smallest absolute Gasteiger partial charge is 0.137 e. The molecule has 0 N–H and O–H groups in total. The van der Waals surface area contributed by atoms with E-state index in [9.17, 15) is 0 Å². The van der Waals surface area contributed by atoms with Gasteiger partial charge < -0.3 is 0 Å². The quantitative estimate of drug-likeness (QED) is 0.188. The molecule has 1 spiro atoms. The molecule has 11 rings (SSSR count). The van der Waals surface area contributed by atoms with E-state index in [4.69, 9.17) is 4.98 Å². The Labute approximate surface area is 272 Å². The summed E-state index contributed by atoms with van der Waals surface area (Å²) >= 11 is 0. The van der Waals surface area contributed by atoms with Crippen molar-refractivity contribution in [3.05, 3.63) is 173 Å². The Hall–Kier alpha value is -5.80. The van der Waals surface area contributed by atoms with Gasteiger partial charge in [0, 0.05) is 45.9 Å². The molecule has 0 aliphatic heterocycles. The summed E-state index contributed by atoms with van der Waals surface area (Å²) in [4.78, 5) is 9.87. The molecule has 0 saturated carbocycles. The summed E-state index contributed by atoms with van der Waals surface area (Å²) in [6, 6.07) is 44.8. The highest BCUT2D eigenvalue weighted by Gasteiger charge is 2.53. The number of fused-ring (bicyclic) bond motifs is 16. The minimum atomic E-state index is -0.390. The van der Waals surface area contributed by atoms with Crippen molar-refractivity contribution < 1.29 is 0 Å². The third-order valence-corrected chi connectivity index (χ3v) is 11.4. The molecule has 3 aromatic heterocycles. The summed E-state index contributed by atoms with van der Waals surface area (Å²) in [5.41, 5.74) is 17.4. The molecule has 0 atom stereocenters. The van der Waals surface area contributed by atoms with Crippen molar-refractivity contribution in [3.63, 3.8) is 0 Å². The lowest BCUT2D eigenvalue weighted by Gasteiger charge is -2.31. The number of para-hydroxylation sites is 2. The van der Waals surface area contributed by atoms with Crippen molar-refractivity contribution in [3.8, 4) is 39.2 Å². The molecule has 3 aliphatic carbocycles. The van der Waals surface area contributed by atoms with Crippen LogP contribution in [0, 0.1) is 0 Å². The van der Waals surface area contributed by atoms with Crippen molar-refractivity contribution >= 4 is 21.8 Å². The fourth-order valence-corrected chi connectivity index (χ4v) is 9.38. The highest BCUT2D eigenvalue weighted by Crippen LogP contribution is 2.64. The zero-order chi connectivity index (χ0) is 31.1. The van der Waals surface area contributed by atoms with E-state index in [1.807, 2.05) is 6.20 Å². The van der Waals surface area contributed by atoms with Crippen molar-refractivity contribution in [1.82, 2.24) is 14.5 Å². The number of benzene rings is 5. The van der Waals surface area contributed by atoms with Crippen LogP contribution in [0.5, 0.6) is 0 Å². The molecule has 8 aromatic rings. The molecule has 0 radical (unpaired) electrons. The number of pyridine rings is 2. The fraction of sp³-hybridized carbons (Fsp3) is 0.0909. The number of hydrogen-bond donors (Lipinski definition) is 0. The molecule has 3 heterocycles. The third-order valence-electron chi connectivity index (χ3n) is 11.4. The molecule has 0 saturated heterocycles. The molecular weight excluding hydrogens is 571 g/mol. The summed E-state index contributed by atoms with van der Waals surface area (Å²) in [5, 5.41) is 2.50. The molecule has 3 heteroatoms. The Kier molecular flexibility index (Phi) is 4.60. The van der Waals surface area contributed by atoms with Crippen molar-refractivity contribution in [2.75, 3.05) is 0 Å². The molecule has 0 unspecified atom stereocenters. The van der Waals surface area contributed by atoms with Crippen LogP contribution in [0.2, 0.25) is 0 Å². The maximum Gasteiger partial charge on any atom is 0.137 e. The van der Waals surface area contributed by atoms with Crippen LogP contribution in [0.4, 0.5) is 0 Å². The number of nitrogens with zero attached hydrogens (tertiary/aromatic N) is 3. The summed E-state index contributed by atoms with van der Waals surface area (Å²) in [5.74, 6) is 0.958. The van der Waals surface area contributed by atoms with Crippen LogP contribution in [-0.2, 0) is 10.8 Å². The van der Waals surface area contributed by atoms with Gasteiger partial charge in [-0.15, -0.1) is 0 Å². The first-order valence-electron chi connectivity index (χ1n) is 16.4. The first kappa shape index (κ1) is 25.4. The third kappa shape index (κ3) is 2.90. The van der Waals surface area contributed by atoms with Crippen LogP contribution in [-0.4, -0.2) is 14.5 Å². The van der Waals surface area contributed by atoms with Gasteiger partial charge in [-0.25, -0.2) is 4.98 Å². The van der Waals surface area contributed by atoms with Crippen LogP contribution < -0.4 is 0 Å². The van der Waals surface area contributed by atoms with Crippen LogP contribution in [0.25, 0.3) is 61.0 Å². The standard InChI is InChI=1S/C44H29N3/c1-43(2)37-21-31-32-24-45-20-19-36(32)44(34-15-7-3-11-26(34)27-12-4-8-16-35(27)44)39(31)22-30(37)33-25-46-42(23-38(33)43)47-40-17-9-5-13-28(40)29-14-6-10-18-41(29)47/h3-25H,1-2H3. The highest BCUT2D eigenvalue weighted by molar-refractivity contribution is 6.09. The van der Waals surface area contributed by atoms with E-state index in [2.05, 4.69) is 157 Å². The molecule has 0 fully saturated rings. The minimum Gasteiger partial charge on any atom is -0.294 e. The predicted octanol–water partition coefficient (Wildman–Crippen LogP) is 10.2. The Bertz CT molecular complexity index is 2570. The van der Waals surface area contributed by atoms with Crippen LogP contribution >= 0.6 is 0 Å². The predicted molar refractivity (Wildman–Crippen MR) is 190 cm³/mol. The first-order chi connectivity index (χ1) is 23.1. The topological polar surface area (TPSA) is 30.7 Å². The summed E-state index contributed by atoms with van der Waals surface area (Å²) in [6.07, 6.45) is 6.17. The second kappa shape index (κ2) is 8.51. The van der Waals surface area contributed by atoms with E-state index in [1.54, 1.807) is 0 Å². The average molecular weight is 600 g/mol. The van der Waals surface area contributed by atoms with Gasteiger partial charge in [0.2, 0.25) is 0 Å². The second-order valence-corrected chi connectivity index (χ2v) is 13.8. The fourth-order valence-electron chi connectivity index (χ4n) is 9.38. The van der Waals surface area contributed by atoms with Crippen molar-refractivity contribution in [1.29, 1.82) is 0 Å². The maximum absolute atomic E-state index is 5.20. The average Bonchev–Trinajstić information content (AvgIpc) is 3.78. The number of hydrogen-bond acceptors (Lipinski definition) is 2. The van der Waals surface area contributed by atoms with Crippen molar-refractivity contribution in [2.45, 2.75) is 24.7 Å². The van der Waals surface area contributed by atoms with E-state index in [0.717, 1.165) is 5.82 Å². The van der Waals surface area contributed by atoms with Crippen molar-refractivity contribution in [2.24, 2.45) is 0 Å². The van der Waals surface area contributed by atoms with Gasteiger partial charge in [-0.05, 0) is 92.0 Å². The van der Waals surface area contributed by atoms with E-state index >= 15 is 0 Å². The SMILES string of the molecule is CC1(C)c2cc(-n3c4ccccc4c4ccccc43)ncc2-c2cc3c(cc21)-c1cnccc1C31c2ccccc2-c2ccccc21. The Balaban J connectivity index is 1.19. The summed E-state index contributed by atoms with van der Waals surface area (Å²) in [7, 11) is 0. The van der Waals surface area contributed by atoms with E-state index in [-0.39, 0.29) is 10.8 Å². The first-order valence-corrected chi connectivity index (χ1v) is 16.4. The van der Waals surface area contributed by atoms with Crippen LogP contribution in [0.3, 0.4) is 0 Å². The molecular formula is C44H29N3. The normalized spacial score (nSPS) is 15.4. The Morgan fingerprint density at radius 2 is 1.00 bits per heavy atom. The van der Waals surface area contributed by atoms with Crippen LogP contribution in [0.15, 0.2) is 140 Å². The lowest BCUT2D eigenvalue weighted by atomic mass is 9.70. The van der Waals surface area contributed by atoms with Gasteiger partial charge in [-0.1, -0.05) is 98.8 Å². The molecule has 0 amide bonds. The van der Waals surface area contributed by atoms with Gasteiger partial charge in [0.25, 0.3) is 0 Å². The number of aromatic nitrogens is 3. The van der Waals surface area contributed by atoms with Gasteiger partial charge >= 0.3 is 0 Å². The monoisotopic (exact) mass is 599 g/mol.